The molecule has 0 aliphatic rings. The van der Waals surface area contributed by atoms with Gasteiger partial charge < -0.3 is 5.73 Å². The average Bonchev–Trinajstić information content (AvgIpc) is 2.60. The van der Waals surface area contributed by atoms with Crippen LogP contribution in [0.5, 0.6) is 0 Å². The van der Waals surface area contributed by atoms with Crippen LogP contribution in [-0.2, 0) is 0 Å². The molecule has 0 saturated carbocycles. The fourth-order valence-corrected chi connectivity index (χ4v) is 1.13. The lowest BCUT2D eigenvalue weighted by molar-refractivity contribution is 0.851. The summed E-state index contributed by atoms with van der Waals surface area (Å²) in [6.07, 6.45) is 0. The van der Waals surface area contributed by atoms with E-state index in [0.717, 1.165) is 11.0 Å². The van der Waals surface area contributed by atoms with Crippen molar-refractivity contribution < 1.29 is 0 Å². The molecule has 1 aromatic heterocycles. The van der Waals surface area contributed by atoms with Crippen molar-refractivity contribution >= 4 is 17.0 Å². The molecule has 2 rings (SSSR count). The van der Waals surface area contributed by atoms with Crippen LogP contribution < -0.4 is 5.73 Å². The van der Waals surface area contributed by atoms with E-state index in [2.05, 4.69) is 15.3 Å². The van der Waals surface area contributed by atoms with E-state index in [9.17, 15) is 0 Å². The van der Waals surface area contributed by atoms with Gasteiger partial charge in [-0.1, -0.05) is 17.3 Å². The standard InChI is InChI=1S/C8H9N5/c1-10-8(9)13-7-5-3-2-4-6(7)11-12-13/h2-5H,1H3,(H2,9,10). The van der Waals surface area contributed by atoms with Gasteiger partial charge in [0.2, 0.25) is 5.96 Å². The Morgan fingerprint density at radius 2 is 2.23 bits per heavy atom. The van der Waals surface area contributed by atoms with E-state index >= 15 is 0 Å². The van der Waals surface area contributed by atoms with Gasteiger partial charge >= 0.3 is 0 Å². The van der Waals surface area contributed by atoms with Gasteiger partial charge in [0.25, 0.3) is 0 Å². The van der Waals surface area contributed by atoms with Gasteiger partial charge in [-0.05, 0) is 12.1 Å². The first-order chi connectivity index (χ1) is 6.33. The third kappa shape index (κ3) is 1.14. The molecule has 0 atom stereocenters. The lowest BCUT2D eigenvalue weighted by Crippen LogP contribution is -2.23. The maximum absolute atomic E-state index is 5.62. The van der Waals surface area contributed by atoms with Crippen LogP contribution in [0.4, 0.5) is 0 Å². The van der Waals surface area contributed by atoms with E-state index in [1.165, 1.54) is 4.68 Å². The fourth-order valence-electron chi connectivity index (χ4n) is 1.13. The van der Waals surface area contributed by atoms with Crippen LogP contribution in [0, 0.1) is 0 Å². The van der Waals surface area contributed by atoms with Gasteiger partial charge in [-0.2, -0.15) is 4.68 Å². The van der Waals surface area contributed by atoms with E-state index in [4.69, 9.17) is 5.73 Å². The largest absolute Gasteiger partial charge is 0.368 e. The maximum Gasteiger partial charge on any atom is 0.218 e. The highest BCUT2D eigenvalue weighted by molar-refractivity contribution is 5.89. The number of nitrogens with zero attached hydrogens (tertiary/aromatic N) is 4. The Balaban J connectivity index is 2.71. The fraction of sp³-hybridized carbons (Fsp3) is 0.125. The molecular formula is C8H9N5. The van der Waals surface area contributed by atoms with Gasteiger partial charge in [-0.15, -0.1) is 5.10 Å². The molecule has 5 nitrogen and oxygen atoms in total. The molecule has 13 heavy (non-hydrogen) atoms. The molecule has 0 spiro atoms. The number of fused-ring (bicyclic) bond motifs is 1. The lowest BCUT2D eigenvalue weighted by atomic mass is 10.3. The Labute approximate surface area is 74.9 Å². The molecule has 0 aliphatic carbocycles. The number of hydrogen-bond acceptors (Lipinski definition) is 3. The van der Waals surface area contributed by atoms with Crippen LogP contribution in [0.2, 0.25) is 0 Å². The zero-order valence-electron chi connectivity index (χ0n) is 7.18. The van der Waals surface area contributed by atoms with Gasteiger partial charge in [-0.3, -0.25) is 4.99 Å². The van der Waals surface area contributed by atoms with Gasteiger partial charge in [0.1, 0.15) is 5.52 Å². The minimum absolute atomic E-state index is 0.341. The molecule has 0 amide bonds. The quantitative estimate of drug-likeness (QED) is 0.460. The Bertz CT molecular complexity index is 456. The third-order valence-electron chi connectivity index (χ3n) is 1.80. The number of aliphatic imine (C=N–C) groups is 1. The Kier molecular flexibility index (Phi) is 1.70. The first kappa shape index (κ1) is 7.72. The second kappa shape index (κ2) is 2.85. The molecule has 0 saturated heterocycles. The van der Waals surface area contributed by atoms with Crippen molar-refractivity contribution in [1.82, 2.24) is 15.0 Å². The van der Waals surface area contributed by atoms with Crippen LogP contribution in [0.25, 0.3) is 11.0 Å². The van der Waals surface area contributed by atoms with Gasteiger partial charge in [0, 0.05) is 7.05 Å². The second-order valence-electron chi connectivity index (χ2n) is 2.57. The van der Waals surface area contributed by atoms with E-state index < -0.39 is 0 Å². The molecule has 0 bridgehead atoms. The van der Waals surface area contributed by atoms with Crippen LogP contribution in [0.3, 0.4) is 0 Å². The second-order valence-corrected chi connectivity index (χ2v) is 2.57. The molecule has 5 heteroatoms. The third-order valence-corrected chi connectivity index (χ3v) is 1.80. The van der Waals surface area contributed by atoms with Crippen molar-refractivity contribution in [3.8, 4) is 0 Å². The molecule has 0 fully saturated rings. The van der Waals surface area contributed by atoms with Crippen LogP contribution in [0.15, 0.2) is 29.3 Å². The molecule has 2 N–H and O–H groups in total. The first-order valence-electron chi connectivity index (χ1n) is 3.86. The van der Waals surface area contributed by atoms with Crippen molar-refractivity contribution in [3.63, 3.8) is 0 Å². The van der Waals surface area contributed by atoms with E-state index in [1.807, 2.05) is 24.3 Å². The smallest absolute Gasteiger partial charge is 0.218 e. The summed E-state index contributed by atoms with van der Waals surface area (Å²) in [5, 5.41) is 7.82. The van der Waals surface area contributed by atoms with Crippen molar-refractivity contribution in [3.05, 3.63) is 24.3 Å². The summed E-state index contributed by atoms with van der Waals surface area (Å²) < 4.78 is 1.51. The molecule has 1 aromatic carbocycles. The summed E-state index contributed by atoms with van der Waals surface area (Å²) in [5.74, 6) is 0.341. The molecule has 0 unspecified atom stereocenters. The molecule has 1 heterocycles. The van der Waals surface area contributed by atoms with Gasteiger partial charge in [0.05, 0.1) is 5.52 Å². The normalized spacial score (nSPS) is 12.2. The number of aromatic nitrogens is 3. The van der Waals surface area contributed by atoms with Crippen molar-refractivity contribution in [2.24, 2.45) is 10.7 Å². The SMILES string of the molecule is CN=C(N)n1nnc2ccccc21. The van der Waals surface area contributed by atoms with Gasteiger partial charge in [0.15, 0.2) is 0 Å². The summed E-state index contributed by atoms with van der Waals surface area (Å²) in [7, 11) is 1.62. The zero-order valence-corrected chi connectivity index (χ0v) is 7.18. The van der Waals surface area contributed by atoms with Crippen LogP contribution in [0.1, 0.15) is 0 Å². The molecular weight excluding hydrogens is 166 g/mol. The average molecular weight is 175 g/mol. The number of rotatable bonds is 0. The van der Waals surface area contributed by atoms with Crippen molar-refractivity contribution in [1.29, 1.82) is 0 Å². The highest BCUT2D eigenvalue weighted by Crippen LogP contribution is 2.08. The Morgan fingerprint density at radius 1 is 1.46 bits per heavy atom. The van der Waals surface area contributed by atoms with Crippen molar-refractivity contribution in [2.75, 3.05) is 7.05 Å². The maximum atomic E-state index is 5.62. The summed E-state index contributed by atoms with van der Waals surface area (Å²) in [6.45, 7) is 0. The topological polar surface area (TPSA) is 69.1 Å². The molecule has 0 aliphatic heterocycles. The molecule has 0 radical (unpaired) electrons. The monoisotopic (exact) mass is 175 g/mol. The van der Waals surface area contributed by atoms with Crippen LogP contribution in [-0.4, -0.2) is 28.0 Å². The number of benzene rings is 1. The van der Waals surface area contributed by atoms with Crippen molar-refractivity contribution in [2.45, 2.75) is 0 Å². The highest BCUT2D eigenvalue weighted by atomic mass is 15.5. The lowest BCUT2D eigenvalue weighted by Gasteiger charge is -1.97. The van der Waals surface area contributed by atoms with Crippen LogP contribution >= 0.6 is 0 Å². The summed E-state index contributed by atoms with van der Waals surface area (Å²) >= 11 is 0. The van der Waals surface area contributed by atoms with E-state index in [1.54, 1.807) is 7.05 Å². The predicted molar refractivity (Wildman–Crippen MR) is 50.5 cm³/mol. The summed E-state index contributed by atoms with van der Waals surface area (Å²) in [5.41, 5.74) is 7.30. The molecule has 2 aromatic rings. The summed E-state index contributed by atoms with van der Waals surface area (Å²) in [4.78, 5) is 3.84. The Hall–Kier alpha value is -1.91. The Morgan fingerprint density at radius 3 is 3.00 bits per heavy atom. The van der Waals surface area contributed by atoms with Gasteiger partial charge in [-0.25, -0.2) is 0 Å². The predicted octanol–water partition coefficient (Wildman–Crippen LogP) is 0.224. The number of para-hydroxylation sites is 1. The highest BCUT2D eigenvalue weighted by Gasteiger charge is 2.04. The van der Waals surface area contributed by atoms with E-state index in [0.29, 0.717) is 5.96 Å². The number of hydrogen-bond donors (Lipinski definition) is 1. The minimum atomic E-state index is 0.341. The summed E-state index contributed by atoms with van der Waals surface area (Å²) in [6, 6.07) is 7.58. The van der Waals surface area contributed by atoms with E-state index in [-0.39, 0.29) is 0 Å². The zero-order chi connectivity index (χ0) is 9.26. The molecule has 66 valence electrons. The number of nitrogens with two attached hydrogens (primary N) is 1. The first-order valence-corrected chi connectivity index (χ1v) is 3.86. The minimum Gasteiger partial charge on any atom is -0.368 e.